The Morgan fingerprint density at radius 1 is 1.46 bits per heavy atom. The molecule has 0 aliphatic carbocycles. The van der Waals surface area contributed by atoms with Gasteiger partial charge in [-0.2, -0.15) is 10.2 Å². The third-order valence-electron chi connectivity index (χ3n) is 3.22. The number of hydrogen-bond acceptors (Lipinski definition) is 8. The third-order valence-corrected chi connectivity index (χ3v) is 4.12. The summed E-state index contributed by atoms with van der Waals surface area (Å²) in [6, 6.07) is 7.72. The monoisotopic (exact) mass is 370 g/mol. The maximum absolute atomic E-state index is 11.7. The number of amides is 1. The van der Waals surface area contributed by atoms with E-state index in [2.05, 4.69) is 30.3 Å². The summed E-state index contributed by atoms with van der Waals surface area (Å²) in [6.07, 6.45) is 5.82. The summed E-state index contributed by atoms with van der Waals surface area (Å²) in [5.41, 5.74) is 1.89. The molecule has 1 fully saturated rings. The van der Waals surface area contributed by atoms with Gasteiger partial charge in [0, 0.05) is 6.08 Å². The maximum Gasteiger partial charge on any atom is 0.331 e. The van der Waals surface area contributed by atoms with Crippen LogP contribution in [0.25, 0.3) is 0 Å². The number of hydrogen-bond donors (Lipinski definition) is 1. The van der Waals surface area contributed by atoms with Gasteiger partial charge in [0.2, 0.25) is 0 Å². The molecular weight excluding hydrogens is 356 g/mol. The van der Waals surface area contributed by atoms with Crippen molar-refractivity contribution in [2.75, 3.05) is 7.11 Å². The number of benzene rings is 1. The standard InChI is InChI=1S/C16H14N6O3S/c1-25-14(23)6-13-15(24)20-16(26-13)21-18-7-11-3-2-4-12(5-11)8-22-10-17-9-19-22/h2-7,9-10H,8H2,1H3,(H,20,21,24)/b13-6+,18-7?. The fourth-order valence-electron chi connectivity index (χ4n) is 2.06. The molecule has 0 unspecified atom stereocenters. The number of nitrogens with one attached hydrogen (secondary N) is 1. The number of thioether (sulfide) groups is 1. The zero-order valence-corrected chi connectivity index (χ0v) is 14.5. The van der Waals surface area contributed by atoms with Crippen LogP contribution in [0.15, 0.2) is 58.1 Å². The van der Waals surface area contributed by atoms with Crippen LogP contribution in [0.1, 0.15) is 11.1 Å². The fraction of sp³-hybridized carbons (Fsp3) is 0.125. The van der Waals surface area contributed by atoms with Crippen molar-refractivity contribution in [2.45, 2.75) is 6.54 Å². The molecular formula is C16H14N6O3S. The summed E-state index contributed by atoms with van der Waals surface area (Å²) in [4.78, 5) is 27.0. The Labute approximate surface area is 152 Å². The van der Waals surface area contributed by atoms with Crippen LogP contribution >= 0.6 is 11.8 Å². The average molecular weight is 370 g/mol. The summed E-state index contributed by atoms with van der Waals surface area (Å²) in [5, 5.41) is 14.8. The second-order valence-electron chi connectivity index (χ2n) is 5.08. The molecule has 26 heavy (non-hydrogen) atoms. The first-order valence-corrected chi connectivity index (χ1v) is 8.27. The van der Waals surface area contributed by atoms with Gasteiger partial charge in [0.15, 0.2) is 5.17 Å². The molecule has 0 saturated carbocycles. The van der Waals surface area contributed by atoms with E-state index in [4.69, 9.17) is 0 Å². The van der Waals surface area contributed by atoms with E-state index >= 15 is 0 Å². The van der Waals surface area contributed by atoms with Crippen LogP contribution < -0.4 is 5.32 Å². The van der Waals surface area contributed by atoms with Crippen LogP contribution in [0, 0.1) is 0 Å². The van der Waals surface area contributed by atoms with Crippen molar-refractivity contribution in [3.8, 4) is 0 Å². The Hall–Kier alpha value is -3.27. The zero-order valence-electron chi connectivity index (χ0n) is 13.7. The van der Waals surface area contributed by atoms with Gasteiger partial charge in [-0.15, -0.1) is 5.10 Å². The van der Waals surface area contributed by atoms with Crippen molar-refractivity contribution in [3.05, 3.63) is 59.0 Å². The van der Waals surface area contributed by atoms with Crippen molar-refractivity contribution in [2.24, 2.45) is 10.2 Å². The van der Waals surface area contributed by atoms with Crippen LogP contribution in [0.5, 0.6) is 0 Å². The Balaban J connectivity index is 1.65. The number of esters is 1. The fourth-order valence-corrected chi connectivity index (χ4v) is 2.80. The molecule has 1 amide bonds. The summed E-state index contributed by atoms with van der Waals surface area (Å²) in [7, 11) is 1.24. The smallest absolute Gasteiger partial charge is 0.331 e. The van der Waals surface area contributed by atoms with Gasteiger partial charge in [0.1, 0.15) is 12.7 Å². The predicted octanol–water partition coefficient (Wildman–Crippen LogP) is 0.936. The molecule has 132 valence electrons. The van der Waals surface area contributed by atoms with E-state index in [0.29, 0.717) is 11.7 Å². The van der Waals surface area contributed by atoms with Gasteiger partial charge in [0.05, 0.1) is 24.8 Å². The highest BCUT2D eigenvalue weighted by molar-refractivity contribution is 8.18. The number of ether oxygens (including phenoxy) is 1. The van der Waals surface area contributed by atoms with Crippen molar-refractivity contribution >= 4 is 35.0 Å². The zero-order chi connectivity index (χ0) is 18.4. The minimum absolute atomic E-state index is 0.209. The third kappa shape index (κ3) is 4.63. The molecule has 3 rings (SSSR count). The lowest BCUT2D eigenvalue weighted by molar-refractivity contribution is -0.135. The van der Waals surface area contributed by atoms with E-state index in [-0.39, 0.29) is 4.91 Å². The second-order valence-corrected chi connectivity index (χ2v) is 6.11. The summed E-state index contributed by atoms with van der Waals surface area (Å²) < 4.78 is 6.21. The topological polar surface area (TPSA) is 111 Å². The van der Waals surface area contributed by atoms with Crippen molar-refractivity contribution in [1.29, 1.82) is 0 Å². The molecule has 2 heterocycles. The summed E-state index contributed by atoms with van der Waals surface area (Å²) in [6.45, 7) is 0.601. The van der Waals surface area contributed by atoms with Crippen molar-refractivity contribution < 1.29 is 14.3 Å². The van der Waals surface area contributed by atoms with Crippen molar-refractivity contribution in [1.82, 2.24) is 20.1 Å². The van der Waals surface area contributed by atoms with Gasteiger partial charge in [-0.25, -0.2) is 14.5 Å². The van der Waals surface area contributed by atoms with Gasteiger partial charge < -0.3 is 4.74 Å². The first kappa shape index (κ1) is 17.5. The molecule has 1 aliphatic rings. The SMILES string of the molecule is COC(=O)/C=C1/S/C(=N\N=Cc2cccc(Cn3cncn3)c2)NC1=O. The predicted molar refractivity (Wildman–Crippen MR) is 96.4 cm³/mol. The molecule has 0 bridgehead atoms. The largest absolute Gasteiger partial charge is 0.466 e. The molecule has 1 aromatic heterocycles. The summed E-state index contributed by atoms with van der Waals surface area (Å²) in [5.74, 6) is -1.01. The van der Waals surface area contributed by atoms with Crippen molar-refractivity contribution in [3.63, 3.8) is 0 Å². The van der Waals surface area contributed by atoms with Crippen LogP contribution in [0.4, 0.5) is 0 Å². The molecule has 0 atom stereocenters. The molecule has 10 heteroatoms. The molecule has 9 nitrogen and oxygen atoms in total. The first-order chi connectivity index (χ1) is 12.6. The van der Waals surface area contributed by atoms with E-state index < -0.39 is 11.9 Å². The number of nitrogens with zero attached hydrogens (tertiary/aromatic N) is 5. The normalized spacial score (nSPS) is 17.2. The van der Waals surface area contributed by atoms with E-state index in [1.807, 2.05) is 24.3 Å². The van der Waals surface area contributed by atoms with Crippen LogP contribution in [0.2, 0.25) is 0 Å². The van der Waals surface area contributed by atoms with E-state index in [0.717, 1.165) is 29.0 Å². The lowest BCUT2D eigenvalue weighted by Gasteiger charge is -2.01. The Kier molecular flexibility index (Phi) is 5.54. The van der Waals surface area contributed by atoms with Gasteiger partial charge in [-0.3, -0.25) is 10.1 Å². The summed E-state index contributed by atoms with van der Waals surface area (Å²) >= 11 is 1.02. The number of amidine groups is 1. The van der Waals surface area contributed by atoms with Crippen LogP contribution in [-0.2, 0) is 20.9 Å². The Morgan fingerprint density at radius 3 is 3.12 bits per heavy atom. The van der Waals surface area contributed by atoms with Crippen LogP contribution in [-0.4, -0.2) is 45.1 Å². The second kappa shape index (κ2) is 8.21. The van der Waals surface area contributed by atoms with E-state index in [9.17, 15) is 9.59 Å². The highest BCUT2D eigenvalue weighted by Crippen LogP contribution is 2.23. The Bertz CT molecular complexity index is 904. The molecule has 0 spiro atoms. The minimum atomic E-state index is -0.600. The van der Waals surface area contributed by atoms with Gasteiger partial charge in [0.25, 0.3) is 5.91 Å². The van der Waals surface area contributed by atoms with Gasteiger partial charge in [-0.05, 0) is 29.0 Å². The molecule has 1 N–H and O–H groups in total. The highest BCUT2D eigenvalue weighted by atomic mass is 32.2. The van der Waals surface area contributed by atoms with Gasteiger partial charge >= 0.3 is 5.97 Å². The lowest BCUT2D eigenvalue weighted by atomic mass is 10.1. The molecule has 0 radical (unpaired) electrons. The highest BCUT2D eigenvalue weighted by Gasteiger charge is 2.24. The number of rotatable bonds is 5. The number of methoxy groups -OCH3 is 1. The molecule has 1 aromatic carbocycles. The molecule has 2 aromatic rings. The Morgan fingerprint density at radius 2 is 2.35 bits per heavy atom. The number of aromatic nitrogens is 3. The van der Waals surface area contributed by atoms with Gasteiger partial charge in [-0.1, -0.05) is 18.2 Å². The maximum atomic E-state index is 11.7. The molecule has 1 saturated heterocycles. The van der Waals surface area contributed by atoms with Crippen LogP contribution in [0.3, 0.4) is 0 Å². The average Bonchev–Trinajstić information content (AvgIpc) is 3.25. The minimum Gasteiger partial charge on any atom is -0.466 e. The first-order valence-electron chi connectivity index (χ1n) is 7.45. The van der Waals surface area contributed by atoms with E-state index in [1.54, 1.807) is 17.2 Å². The number of carbonyl (C=O) groups is 2. The number of carbonyl (C=O) groups excluding carboxylic acids is 2. The van der Waals surface area contributed by atoms with E-state index in [1.165, 1.54) is 13.4 Å². The lowest BCUT2D eigenvalue weighted by Crippen LogP contribution is -2.19. The molecule has 1 aliphatic heterocycles. The quantitative estimate of drug-likeness (QED) is 0.363.